The fraction of sp³-hybridized carbons (Fsp3) is 0.562. The van der Waals surface area contributed by atoms with Crippen molar-refractivity contribution < 1.29 is 14.8 Å². The van der Waals surface area contributed by atoms with E-state index in [0.717, 1.165) is 25.9 Å². The second-order valence-corrected chi connectivity index (χ2v) is 5.75. The molecule has 0 aromatic heterocycles. The molecule has 1 heterocycles. The minimum atomic E-state index is -0.435. The summed E-state index contributed by atoms with van der Waals surface area (Å²) < 4.78 is 0. The number of nitro benzene ring substituents is 1. The molecule has 1 aliphatic rings. The summed E-state index contributed by atoms with van der Waals surface area (Å²) in [6.45, 7) is 3.52. The second-order valence-electron chi connectivity index (χ2n) is 5.75. The molecule has 1 atom stereocenters. The molecule has 126 valence electrons. The maximum absolute atomic E-state index is 12.3. The predicted octanol–water partition coefficient (Wildman–Crippen LogP) is 2.09. The maximum Gasteiger partial charge on any atom is 0.293 e. The van der Waals surface area contributed by atoms with Crippen LogP contribution in [0.4, 0.5) is 11.4 Å². The lowest BCUT2D eigenvalue weighted by Crippen LogP contribution is -2.35. The largest absolute Gasteiger partial charge is 0.396 e. The first-order chi connectivity index (χ1) is 11.1. The van der Waals surface area contributed by atoms with Gasteiger partial charge >= 0.3 is 0 Å². The van der Waals surface area contributed by atoms with Gasteiger partial charge in [0.25, 0.3) is 11.6 Å². The molecule has 1 amide bonds. The molecular formula is C16H23N3O4. The Morgan fingerprint density at radius 3 is 2.70 bits per heavy atom. The lowest BCUT2D eigenvalue weighted by Gasteiger charge is -2.19. The zero-order valence-corrected chi connectivity index (χ0v) is 13.3. The highest BCUT2D eigenvalue weighted by Crippen LogP contribution is 2.31. The summed E-state index contributed by atoms with van der Waals surface area (Å²) in [7, 11) is 0. The summed E-state index contributed by atoms with van der Waals surface area (Å²) in [6, 6.07) is 4.49. The van der Waals surface area contributed by atoms with Crippen molar-refractivity contribution in [2.45, 2.75) is 38.6 Å². The van der Waals surface area contributed by atoms with Crippen molar-refractivity contribution in [3.63, 3.8) is 0 Å². The monoisotopic (exact) mass is 321 g/mol. The first kappa shape index (κ1) is 17.2. The van der Waals surface area contributed by atoms with Crippen LogP contribution in [0.15, 0.2) is 18.2 Å². The van der Waals surface area contributed by atoms with Gasteiger partial charge in [0, 0.05) is 37.4 Å². The molecule has 0 saturated carbocycles. The predicted molar refractivity (Wildman–Crippen MR) is 87.8 cm³/mol. The van der Waals surface area contributed by atoms with Crippen LogP contribution in [0, 0.1) is 10.1 Å². The summed E-state index contributed by atoms with van der Waals surface area (Å²) in [5.74, 6) is -0.346. The average Bonchev–Trinajstić information content (AvgIpc) is 3.07. The number of hydrogen-bond acceptors (Lipinski definition) is 5. The van der Waals surface area contributed by atoms with Crippen molar-refractivity contribution in [2.75, 3.05) is 24.6 Å². The van der Waals surface area contributed by atoms with E-state index in [0.29, 0.717) is 18.5 Å². The lowest BCUT2D eigenvalue weighted by molar-refractivity contribution is -0.384. The molecule has 0 bridgehead atoms. The Labute approximate surface area is 135 Å². The molecule has 0 radical (unpaired) electrons. The second kappa shape index (κ2) is 7.92. The number of nitro groups is 1. The lowest BCUT2D eigenvalue weighted by atomic mass is 10.1. The van der Waals surface area contributed by atoms with Gasteiger partial charge in [-0.25, -0.2) is 0 Å². The summed E-state index contributed by atoms with van der Waals surface area (Å²) in [5.41, 5.74) is 0.817. The third-order valence-electron chi connectivity index (χ3n) is 4.19. The molecule has 1 unspecified atom stereocenters. The van der Waals surface area contributed by atoms with Crippen LogP contribution in [0.5, 0.6) is 0 Å². The third kappa shape index (κ3) is 4.19. The molecule has 0 spiro atoms. The molecule has 0 aliphatic carbocycles. The van der Waals surface area contributed by atoms with E-state index >= 15 is 0 Å². The molecule has 1 saturated heterocycles. The van der Waals surface area contributed by atoms with Crippen molar-refractivity contribution in [3.8, 4) is 0 Å². The van der Waals surface area contributed by atoms with Crippen molar-refractivity contribution in [3.05, 3.63) is 33.9 Å². The van der Waals surface area contributed by atoms with Crippen LogP contribution in [0.25, 0.3) is 0 Å². The summed E-state index contributed by atoms with van der Waals surface area (Å²) in [4.78, 5) is 25.2. The Hall–Kier alpha value is -2.15. The van der Waals surface area contributed by atoms with Gasteiger partial charge in [0.05, 0.1) is 4.92 Å². The SMILES string of the molecule is CCC(CCO)NC(=O)c1ccc(N2CCCC2)c([N+](=O)[O-])c1. The van der Waals surface area contributed by atoms with Gasteiger partial charge in [0.15, 0.2) is 0 Å². The maximum atomic E-state index is 12.3. The zero-order chi connectivity index (χ0) is 16.8. The minimum absolute atomic E-state index is 0.00711. The highest BCUT2D eigenvalue weighted by molar-refractivity contribution is 5.96. The van der Waals surface area contributed by atoms with Crippen LogP contribution in [0.2, 0.25) is 0 Å². The summed E-state index contributed by atoms with van der Waals surface area (Å²) in [6.07, 6.45) is 3.22. The van der Waals surface area contributed by atoms with Gasteiger partial charge in [0.1, 0.15) is 5.69 Å². The van der Waals surface area contributed by atoms with Crippen LogP contribution < -0.4 is 10.2 Å². The van der Waals surface area contributed by atoms with Gasteiger partial charge in [-0.05, 0) is 37.8 Å². The number of aliphatic hydroxyl groups excluding tert-OH is 1. The van der Waals surface area contributed by atoms with Crippen LogP contribution in [-0.4, -0.2) is 41.7 Å². The molecule has 7 nitrogen and oxygen atoms in total. The quantitative estimate of drug-likeness (QED) is 0.592. The molecule has 1 aliphatic heterocycles. The Kier molecular flexibility index (Phi) is 5.92. The normalized spacial score (nSPS) is 15.5. The van der Waals surface area contributed by atoms with E-state index in [2.05, 4.69) is 5.32 Å². The van der Waals surface area contributed by atoms with E-state index in [1.165, 1.54) is 6.07 Å². The number of amides is 1. The van der Waals surface area contributed by atoms with E-state index in [-0.39, 0.29) is 29.8 Å². The van der Waals surface area contributed by atoms with E-state index in [1.54, 1.807) is 12.1 Å². The fourth-order valence-electron chi connectivity index (χ4n) is 2.84. The molecule has 1 fully saturated rings. The third-order valence-corrected chi connectivity index (χ3v) is 4.19. The van der Waals surface area contributed by atoms with Crippen molar-refractivity contribution in [1.82, 2.24) is 5.32 Å². The number of benzene rings is 1. The average molecular weight is 321 g/mol. The number of carbonyl (C=O) groups excluding carboxylic acids is 1. The van der Waals surface area contributed by atoms with E-state index in [1.807, 2.05) is 11.8 Å². The van der Waals surface area contributed by atoms with Gasteiger partial charge in [-0.15, -0.1) is 0 Å². The van der Waals surface area contributed by atoms with Crippen LogP contribution in [0.1, 0.15) is 43.0 Å². The number of nitrogens with zero attached hydrogens (tertiary/aromatic N) is 2. The highest BCUT2D eigenvalue weighted by atomic mass is 16.6. The van der Waals surface area contributed by atoms with Crippen LogP contribution in [-0.2, 0) is 0 Å². The number of carbonyl (C=O) groups is 1. The fourth-order valence-corrected chi connectivity index (χ4v) is 2.84. The molecule has 2 N–H and O–H groups in total. The van der Waals surface area contributed by atoms with Crippen molar-refractivity contribution >= 4 is 17.3 Å². The Balaban J connectivity index is 2.21. The Morgan fingerprint density at radius 1 is 1.43 bits per heavy atom. The topological polar surface area (TPSA) is 95.7 Å². The van der Waals surface area contributed by atoms with E-state index in [4.69, 9.17) is 5.11 Å². The number of nitrogens with one attached hydrogen (secondary N) is 1. The summed E-state index contributed by atoms with van der Waals surface area (Å²) in [5, 5.41) is 23.1. The highest BCUT2D eigenvalue weighted by Gasteiger charge is 2.24. The number of anilines is 1. The number of hydrogen-bond donors (Lipinski definition) is 2. The van der Waals surface area contributed by atoms with Gasteiger partial charge < -0.3 is 15.3 Å². The van der Waals surface area contributed by atoms with E-state index in [9.17, 15) is 14.9 Å². The van der Waals surface area contributed by atoms with Crippen molar-refractivity contribution in [1.29, 1.82) is 0 Å². The van der Waals surface area contributed by atoms with Crippen LogP contribution >= 0.6 is 0 Å². The molecular weight excluding hydrogens is 298 g/mol. The summed E-state index contributed by atoms with van der Waals surface area (Å²) >= 11 is 0. The first-order valence-corrected chi connectivity index (χ1v) is 8.02. The molecule has 2 rings (SSSR count). The zero-order valence-electron chi connectivity index (χ0n) is 13.3. The van der Waals surface area contributed by atoms with E-state index < -0.39 is 4.92 Å². The standard InChI is InChI=1S/C16H23N3O4/c1-2-13(7-10-20)17-16(21)12-5-6-14(15(11-12)19(22)23)18-8-3-4-9-18/h5-6,11,13,20H,2-4,7-10H2,1H3,(H,17,21). The smallest absolute Gasteiger partial charge is 0.293 e. The number of rotatable bonds is 7. The van der Waals surface area contributed by atoms with Gasteiger partial charge in [0.2, 0.25) is 0 Å². The van der Waals surface area contributed by atoms with Gasteiger partial charge in [-0.1, -0.05) is 6.92 Å². The van der Waals surface area contributed by atoms with Gasteiger partial charge in [-0.3, -0.25) is 14.9 Å². The Bertz CT molecular complexity index is 570. The van der Waals surface area contributed by atoms with Crippen LogP contribution in [0.3, 0.4) is 0 Å². The molecule has 1 aromatic carbocycles. The number of aliphatic hydroxyl groups is 1. The van der Waals surface area contributed by atoms with Gasteiger partial charge in [-0.2, -0.15) is 0 Å². The minimum Gasteiger partial charge on any atom is -0.396 e. The van der Waals surface area contributed by atoms with Crippen molar-refractivity contribution in [2.24, 2.45) is 0 Å². The Morgan fingerprint density at radius 2 is 2.13 bits per heavy atom. The molecule has 7 heteroatoms. The first-order valence-electron chi connectivity index (χ1n) is 8.02. The molecule has 1 aromatic rings. The molecule has 23 heavy (non-hydrogen) atoms.